The van der Waals surface area contributed by atoms with Gasteiger partial charge in [0.05, 0.1) is 17.6 Å². The van der Waals surface area contributed by atoms with Crippen LogP contribution < -0.4 is 5.73 Å². The molecule has 3 aromatic heterocycles. The van der Waals surface area contributed by atoms with Gasteiger partial charge in [-0.2, -0.15) is 13.2 Å². The maximum absolute atomic E-state index is 13.8. The zero-order chi connectivity index (χ0) is 15.2. The minimum Gasteiger partial charge on any atom is -0.367 e. The van der Waals surface area contributed by atoms with Gasteiger partial charge in [0.1, 0.15) is 11.2 Å². The lowest BCUT2D eigenvalue weighted by molar-refractivity contribution is -0.141. The summed E-state index contributed by atoms with van der Waals surface area (Å²) >= 11 is 0. The Balaban J connectivity index is 2.23. The van der Waals surface area contributed by atoms with E-state index in [9.17, 15) is 17.6 Å². The van der Waals surface area contributed by atoms with E-state index >= 15 is 0 Å². The van der Waals surface area contributed by atoms with Gasteiger partial charge >= 0.3 is 6.18 Å². The monoisotopic (exact) mass is 297 g/mol. The standard InChI is InChI=1S/C12H7F4N5/c13-6-4-8(21-9(6)5-18-11(17)20-21)7-2-1-3-10(19-7)12(14,15)16/h1-5H,(H2,17,20). The number of pyridine rings is 1. The van der Waals surface area contributed by atoms with Crippen molar-refractivity contribution in [3.05, 3.63) is 42.0 Å². The fraction of sp³-hybridized carbons (Fsp3) is 0.0833. The first kappa shape index (κ1) is 13.3. The molecule has 0 amide bonds. The summed E-state index contributed by atoms with van der Waals surface area (Å²) in [4.78, 5) is 7.13. The number of nitrogen functional groups attached to an aromatic ring is 1. The third-order valence-electron chi connectivity index (χ3n) is 2.79. The van der Waals surface area contributed by atoms with Gasteiger partial charge in [0.15, 0.2) is 5.82 Å². The minimum atomic E-state index is -4.59. The van der Waals surface area contributed by atoms with Crippen molar-refractivity contribution in [1.29, 1.82) is 0 Å². The quantitative estimate of drug-likeness (QED) is 0.701. The molecule has 0 fully saturated rings. The lowest BCUT2D eigenvalue weighted by atomic mass is 10.2. The SMILES string of the molecule is Nc1ncc2c(F)cc(-c3cccc(C(F)(F)F)n3)n2n1. The number of alkyl halides is 3. The van der Waals surface area contributed by atoms with Crippen LogP contribution in [0.1, 0.15) is 5.69 Å². The Morgan fingerprint density at radius 1 is 1.19 bits per heavy atom. The van der Waals surface area contributed by atoms with Crippen LogP contribution >= 0.6 is 0 Å². The number of hydrogen-bond acceptors (Lipinski definition) is 4. The molecule has 3 rings (SSSR count). The molecule has 108 valence electrons. The summed E-state index contributed by atoms with van der Waals surface area (Å²) < 4.78 is 52.9. The fourth-order valence-corrected chi connectivity index (χ4v) is 1.88. The molecule has 3 heterocycles. The van der Waals surface area contributed by atoms with E-state index in [1.54, 1.807) is 0 Å². The van der Waals surface area contributed by atoms with Crippen LogP contribution in [-0.4, -0.2) is 19.6 Å². The zero-order valence-corrected chi connectivity index (χ0v) is 10.3. The van der Waals surface area contributed by atoms with Gasteiger partial charge < -0.3 is 5.73 Å². The topological polar surface area (TPSA) is 69.1 Å². The van der Waals surface area contributed by atoms with E-state index < -0.39 is 17.7 Å². The van der Waals surface area contributed by atoms with E-state index in [0.717, 1.165) is 22.8 Å². The van der Waals surface area contributed by atoms with E-state index in [2.05, 4.69) is 15.1 Å². The molecule has 0 aliphatic heterocycles. The normalized spacial score (nSPS) is 12.0. The summed E-state index contributed by atoms with van der Waals surface area (Å²) in [6.45, 7) is 0. The third-order valence-corrected chi connectivity index (χ3v) is 2.79. The molecule has 5 nitrogen and oxygen atoms in total. The number of hydrogen-bond donors (Lipinski definition) is 1. The van der Waals surface area contributed by atoms with Crippen LogP contribution in [0.25, 0.3) is 16.9 Å². The van der Waals surface area contributed by atoms with Crippen molar-refractivity contribution in [3.63, 3.8) is 0 Å². The van der Waals surface area contributed by atoms with Crippen molar-refractivity contribution in [2.45, 2.75) is 6.18 Å². The molecule has 0 atom stereocenters. The average molecular weight is 297 g/mol. The first-order valence-electron chi connectivity index (χ1n) is 5.70. The van der Waals surface area contributed by atoms with Crippen molar-refractivity contribution in [2.24, 2.45) is 0 Å². The van der Waals surface area contributed by atoms with Gasteiger partial charge in [0, 0.05) is 6.07 Å². The van der Waals surface area contributed by atoms with Crippen LogP contribution in [0, 0.1) is 5.82 Å². The van der Waals surface area contributed by atoms with Crippen LogP contribution in [0.4, 0.5) is 23.5 Å². The van der Waals surface area contributed by atoms with Gasteiger partial charge in [0.25, 0.3) is 0 Å². The summed E-state index contributed by atoms with van der Waals surface area (Å²) in [7, 11) is 0. The summed E-state index contributed by atoms with van der Waals surface area (Å²) in [5, 5.41) is 3.79. The number of fused-ring (bicyclic) bond motifs is 1. The summed E-state index contributed by atoms with van der Waals surface area (Å²) in [5.74, 6) is -0.810. The molecule has 0 aromatic carbocycles. The second-order valence-electron chi connectivity index (χ2n) is 4.20. The number of rotatable bonds is 1. The molecule has 21 heavy (non-hydrogen) atoms. The largest absolute Gasteiger partial charge is 0.433 e. The molecule has 3 aromatic rings. The Bertz CT molecular complexity index is 824. The molecule has 9 heteroatoms. The third kappa shape index (κ3) is 2.26. The van der Waals surface area contributed by atoms with Gasteiger partial charge in [-0.3, -0.25) is 0 Å². The number of aromatic nitrogens is 4. The molecular weight excluding hydrogens is 290 g/mol. The molecule has 0 bridgehead atoms. The van der Waals surface area contributed by atoms with Crippen LogP contribution in [0.2, 0.25) is 0 Å². The Morgan fingerprint density at radius 2 is 1.95 bits per heavy atom. The van der Waals surface area contributed by atoms with E-state index in [-0.39, 0.29) is 22.9 Å². The number of nitrogens with two attached hydrogens (primary N) is 1. The molecule has 0 radical (unpaired) electrons. The van der Waals surface area contributed by atoms with Crippen LogP contribution in [-0.2, 0) is 6.18 Å². The molecule has 2 N–H and O–H groups in total. The first-order chi connectivity index (χ1) is 9.86. The van der Waals surface area contributed by atoms with Crippen molar-refractivity contribution in [1.82, 2.24) is 19.6 Å². The summed E-state index contributed by atoms with van der Waals surface area (Å²) in [5.41, 5.74) is 4.33. The maximum atomic E-state index is 13.8. The van der Waals surface area contributed by atoms with Crippen molar-refractivity contribution in [2.75, 3.05) is 5.73 Å². The smallest absolute Gasteiger partial charge is 0.367 e. The van der Waals surface area contributed by atoms with E-state index in [1.807, 2.05) is 0 Å². The van der Waals surface area contributed by atoms with Gasteiger partial charge in [-0.15, -0.1) is 5.10 Å². The van der Waals surface area contributed by atoms with Gasteiger partial charge in [-0.05, 0) is 12.1 Å². The highest BCUT2D eigenvalue weighted by molar-refractivity contribution is 5.64. The Hall–Kier alpha value is -2.71. The highest BCUT2D eigenvalue weighted by Gasteiger charge is 2.32. The van der Waals surface area contributed by atoms with Crippen molar-refractivity contribution >= 4 is 11.5 Å². The maximum Gasteiger partial charge on any atom is 0.433 e. The molecule has 0 aliphatic carbocycles. The van der Waals surface area contributed by atoms with Crippen molar-refractivity contribution in [3.8, 4) is 11.4 Å². The molecule has 0 aliphatic rings. The van der Waals surface area contributed by atoms with Gasteiger partial charge in [-0.1, -0.05) is 6.07 Å². The zero-order valence-electron chi connectivity index (χ0n) is 10.3. The predicted molar refractivity (Wildman–Crippen MR) is 65.6 cm³/mol. The second kappa shape index (κ2) is 4.40. The molecule has 0 unspecified atom stereocenters. The Kier molecular flexibility index (Phi) is 2.78. The van der Waals surface area contributed by atoms with Crippen molar-refractivity contribution < 1.29 is 17.6 Å². The second-order valence-corrected chi connectivity index (χ2v) is 4.20. The molecule has 0 saturated carbocycles. The van der Waals surface area contributed by atoms with E-state index in [4.69, 9.17) is 5.73 Å². The van der Waals surface area contributed by atoms with E-state index in [1.165, 1.54) is 12.1 Å². The molecular formula is C12H7F4N5. The highest BCUT2D eigenvalue weighted by atomic mass is 19.4. The van der Waals surface area contributed by atoms with Crippen LogP contribution in [0.15, 0.2) is 30.5 Å². The van der Waals surface area contributed by atoms with Gasteiger partial charge in [0.2, 0.25) is 5.95 Å². The number of anilines is 1. The fourth-order valence-electron chi connectivity index (χ4n) is 1.88. The lowest BCUT2D eigenvalue weighted by Crippen LogP contribution is -2.08. The molecule has 0 saturated heterocycles. The van der Waals surface area contributed by atoms with Gasteiger partial charge in [-0.25, -0.2) is 18.9 Å². The Labute approximate surface area is 115 Å². The number of halogens is 4. The van der Waals surface area contributed by atoms with E-state index in [0.29, 0.717) is 0 Å². The highest BCUT2D eigenvalue weighted by Crippen LogP contribution is 2.30. The average Bonchev–Trinajstić information content (AvgIpc) is 2.75. The first-order valence-corrected chi connectivity index (χ1v) is 5.70. The number of nitrogens with zero attached hydrogens (tertiary/aromatic N) is 4. The molecule has 0 spiro atoms. The predicted octanol–water partition coefficient (Wildman–Crippen LogP) is 2.53. The summed E-state index contributed by atoms with van der Waals surface area (Å²) in [6.07, 6.45) is -3.44. The summed E-state index contributed by atoms with van der Waals surface area (Å²) in [6, 6.07) is 4.38. The van der Waals surface area contributed by atoms with Crippen LogP contribution in [0.3, 0.4) is 0 Å². The van der Waals surface area contributed by atoms with Crippen LogP contribution in [0.5, 0.6) is 0 Å². The Morgan fingerprint density at radius 3 is 2.67 bits per heavy atom. The minimum absolute atomic E-state index is 0.00147. The lowest BCUT2D eigenvalue weighted by Gasteiger charge is -2.07.